The third-order valence-electron chi connectivity index (χ3n) is 7.39. The van der Waals surface area contributed by atoms with Crippen LogP contribution in [0.4, 0.5) is 10.5 Å². The van der Waals surface area contributed by atoms with E-state index in [-0.39, 0.29) is 23.8 Å². The Balaban J connectivity index is 1.56. The molecular formula is C26H39BrN4O3. The van der Waals surface area contributed by atoms with E-state index in [2.05, 4.69) is 26.6 Å². The van der Waals surface area contributed by atoms with Crippen LogP contribution < -0.4 is 10.6 Å². The number of nitrogens with zero attached hydrogens (tertiary/aromatic N) is 2. The van der Waals surface area contributed by atoms with Crippen molar-refractivity contribution < 1.29 is 14.4 Å². The van der Waals surface area contributed by atoms with E-state index < -0.39 is 12.1 Å². The Kier molecular flexibility index (Phi) is 9.80. The Morgan fingerprint density at radius 3 is 2.50 bits per heavy atom. The van der Waals surface area contributed by atoms with E-state index >= 15 is 0 Å². The van der Waals surface area contributed by atoms with Gasteiger partial charge in [-0.05, 0) is 53.2 Å². The van der Waals surface area contributed by atoms with Crippen molar-refractivity contribution in [2.24, 2.45) is 11.8 Å². The number of hydrogen-bond acceptors (Lipinski definition) is 3. The van der Waals surface area contributed by atoms with Crippen molar-refractivity contribution >= 4 is 39.5 Å². The molecule has 1 saturated carbocycles. The molecule has 4 amide bonds. The van der Waals surface area contributed by atoms with Crippen molar-refractivity contribution in [3.8, 4) is 0 Å². The van der Waals surface area contributed by atoms with Gasteiger partial charge in [0, 0.05) is 36.6 Å². The SMILES string of the molecule is CCC(C)C(NC(=O)Nc1ccccc1Br)C(=O)N1CCN(C(=O)CCC2CCCC2)C(C)C1. The molecule has 1 saturated heterocycles. The molecule has 34 heavy (non-hydrogen) atoms. The lowest BCUT2D eigenvalue weighted by Gasteiger charge is -2.41. The van der Waals surface area contributed by atoms with E-state index in [0.717, 1.165) is 17.3 Å². The first-order valence-corrected chi connectivity index (χ1v) is 13.5. The molecule has 1 heterocycles. The molecule has 3 unspecified atom stereocenters. The van der Waals surface area contributed by atoms with Crippen molar-refractivity contribution in [2.45, 2.75) is 77.8 Å². The maximum absolute atomic E-state index is 13.4. The normalized spacial score (nSPS) is 20.6. The predicted octanol–water partition coefficient (Wildman–Crippen LogP) is 5.02. The van der Waals surface area contributed by atoms with Gasteiger partial charge < -0.3 is 20.4 Å². The molecule has 2 N–H and O–H groups in total. The summed E-state index contributed by atoms with van der Waals surface area (Å²) in [6.07, 6.45) is 7.45. The number of carbonyl (C=O) groups is 3. The van der Waals surface area contributed by atoms with E-state index in [1.807, 2.05) is 43.9 Å². The molecule has 0 aromatic heterocycles. The number of carbonyl (C=O) groups excluding carboxylic acids is 3. The maximum Gasteiger partial charge on any atom is 0.319 e. The maximum atomic E-state index is 13.4. The van der Waals surface area contributed by atoms with Crippen LogP contribution in [0.15, 0.2) is 28.7 Å². The van der Waals surface area contributed by atoms with Crippen molar-refractivity contribution in [3.63, 3.8) is 0 Å². The Bertz CT molecular complexity index is 858. The van der Waals surface area contributed by atoms with Gasteiger partial charge in [-0.15, -0.1) is 0 Å². The topological polar surface area (TPSA) is 81.8 Å². The first kappa shape index (κ1) is 26.5. The summed E-state index contributed by atoms with van der Waals surface area (Å²) in [5.41, 5.74) is 0.647. The summed E-state index contributed by atoms with van der Waals surface area (Å²) >= 11 is 3.43. The zero-order chi connectivity index (χ0) is 24.7. The van der Waals surface area contributed by atoms with Crippen LogP contribution in [0.5, 0.6) is 0 Å². The summed E-state index contributed by atoms with van der Waals surface area (Å²) in [6, 6.07) is 6.31. The van der Waals surface area contributed by atoms with Gasteiger partial charge in [0.15, 0.2) is 0 Å². The number of nitrogens with one attached hydrogen (secondary N) is 2. The van der Waals surface area contributed by atoms with E-state index in [9.17, 15) is 14.4 Å². The third kappa shape index (κ3) is 6.96. The van der Waals surface area contributed by atoms with Crippen LogP contribution in [0.2, 0.25) is 0 Å². The Hall–Kier alpha value is -2.09. The van der Waals surface area contributed by atoms with Crippen molar-refractivity contribution in [1.29, 1.82) is 0 Å². The highest BCUT2D eigenvalue weighted by Crippen LogP contribution is 2.29. The van der Waals surface area contributed by atoms with Gasteiger partial charge in [-0.2, -0.15) is 0 Å². The van der Waals surface area contributed by atoms with Crippen LogP contribution in [-0.2, 0) is 9.59 Å². The van der Waals surface area contributed by atoms with Gasteiger partial charge in [-0.25, -0.2) is 4.79 Å². The molecule has 3 atom stereocenters. The van der Waals surface area contributed by atoms with Crippen molar-refractivity contribution in [3.05, 3.63) is 28.7 Å². The largest absolute Gasteiger partial charge is 0.337 e. The lowest BCUT2D eigenvalue weighted by Crippen LogP contribution is -2.60. The molecule has 8 heteroatoms. The predicted molar refractivity (Wildman–Crippen MR) is 138 cm³/mol. The number of hydrogen-bond donors (Lipinski definition) is 2. The molecule has 2 fully saturated rings. The van der Waals surface area contributed by atoms with Gasteiger partial charge in [0.1, 0.15) is 6.04 Å². The van der Waals surface area contributed by atoms with Crippen LogP contribution in [0.3, 0.4) is 0 Å². The number of urea groups is 1. The molecule has 7 nitrogen and oxygen atoms in total. The molecule has 1 aliphatic heterocycles. The minimum atomic E-state index is -0.621. The number of amides is 4. The highest BCUT2D eigenvalue weighted by Gasteiger charge is 2.35. The van der Waals surface area contributed by atoms with Crippen LogP contribution in [-0.4, -0.2) is 59.4 Å². The van der Waals surface area contributed by atoms with Gasteiger partial charge in [-0.3, -0.25) is 9.59 Å². The minimum Gasteiger partial charge on any atom is -0.337 e. The lowest BCUT2D eigenvalue weighted by molar-refractivity contribution is -0.144. The molecule has 1 aliphatic carbocycles. The molecule has 3 rings (SSSR count). The lowest BCUT2D eigenvalue weighted by atomic mass is 9.97. The smallest absolute Gasteiger partial charge is 0.319 e. The Morgan fingerprint density at radius 1 is 1.15 bits per heavy atom. The zero-order valence-electron chi connectivity index (χ0n) is 20.7. The molecular weight excluding hydrogens is 496 g/mol. The average molecular weight is 536 g/mol. The van der Waals surface area contributed by atoms with Gasteiger partial charge >= 0.3 is 6.03 Å². The summed E-state index contributed by atoms with van der Waals surface area (Å²) in [7, 11) is 0. The summed E-state index contributed by atoms with van der Waals surface area (Å²) in [5.74, 6) is 0.809. The second kappa shape index (κ2) is 12.6. The van der Waals surface area contributed by atoms with Crippen LogP contribution in [0, 0.1) is 11.8 Å². The first-order valence-electron chi connectivity index (χ1n) is 12.7. The summed E-state index contributed by atoms with van der Waals surface area (Å²) in [4.78, 5) is 42.7. The summed E-state index contributed by atoms with van der Waals surface area (Å²) in [6.45, 7) is 7.55. The van der Waals surface area contributed by atoms with E-state index in [4.69, 9.17) is 0 Å². The van der Waals surface area contributed by atoms with E-state index in [0.29, 0.717) is 37.7 Å². The fourth-order valence-electron chi connectivity index (χ4n) is 5.04. The number of rotatable bonds is 8. The monoisotopic (exact) mass is 534 g/mol. The molecule has 0 bridgehead atoms. The summed E-state index contributed by atoms with van der Waals surface area (Å²) in [5, 5.41) is 5.72. The molecule has 0 spiro atoms. The van der Waals surface area contributed by atoms with Crippen molar-refractivity contribution in [2.75, 3.05) is 25.0 Å². The third-order valence-corrected chi connectivity index (χ3v) is 8.08. The molecule has 188 valence electrons. The fraction of sp³-hybridized carbons (Fsp3) is 0.654. The second-order valence-corrected chi connectivity index (χ2v) is 10.7. The Labute approximate surface area is 212 Å². The van der Waals surface area contributed by atoms with Crippen LogP contribution >= 0.6 is 15.9 Å². The molecule has 1 aromatic rings. The summed E-state index contributed by atoms with van der Waals surface area (Å²) < 4.78 is 0.777. The van der Waals surface area contributed by atoms with Crippen LogP contribution in [0.25, 0.3) is 0 Å². The quantitative estimate of drug-likeness (QED) is 0.491. The zero-order valence-corrected chi connectivity index (χ0v) is 22.3. The van der Waals surface area contributed by atoms with E-state index in [1.54, 1.807) is 11.0 Å². The van der Waals surface area contributed by atoms with Gasteiger partial charge in [0.2, 0.25) is 11.8 Å². The number of halogens is 1. The van der Waals surface area contributed by atoms with Crippen LogP contribution in [0.1, 0.15) is 65.7 Å². The Morgan fingerprint density at radius 2 is 1.85 bits per heavy atom. The molecule has 0 radical (unpaired) electrons. The minimum absolute atomic E-state index is 0.0150. The fourth-order valence-corrected chi connectivity index (χ4v) is 5.42. The highest BCUT2D eigenvalue weighted by atomic mass is 79.9. The molecule has 1 aromatic carbocycles. The molecule has 2 aliphatic rings. The van der Waals surface area contributed by atoms with E-state index in [1.165, 1.54) is 25.7 Å². The standard InChI is InChI=1S/C26H39BrN4O3/c1-4-18(2)24(29-26(34)28-22-12-8-7-11-21(22)27)25(33)30-15-16-31(19(3)17-30)23(32)14-13-20-9-5-6-10-20/h7-8,11-12,18-20,24H,4-6,9-10,13-17H2,1-3H3,(H2,28,29,34). The van der Waals surface area contributed by atoms with Gasteiger partial charge in [-0.1, -0.05) is 58.1 Å². The first-order chi connectivity index (χ1) is 16.3. The number of para-hydroxylation sites is 1. The van der Waals surface area contributed by atoms with Crippen molar-refractivity contribution in [1.82, 2.24) is 15.1 Å². The van der Waals surface area contributed by atoms with Gasteiger partial charge in [0.05, 0.1) is 5.69 Å². The van der Waals surface area contributed by atoms with Gasteiger partial charge in [0.25, 0.3) is 0 Å². The number of piperazine rings is 1. The number of benzene rings is 1. The highest BCUT2D eigenvalue weighted by molar-refractivity contribution is 9.10. The average Bonchev–Trinajstić information content (AvgIpc) is 3.35. The second-order valence-electron chi connectivity index (χ2n) is 9.85. The number of anilines is 1.